The highest BCUT2D eigenvalue weighted by Gasteiger charge is 2.41. The Balaban J connectivity index is 1.69. The van der Waals surface area contributed by atoms with Gasteiger partial charge in [0, 0.05) is 29.9 Å². The van der Waals surface area contributed by atoms with Gasteiger partial charge in [0.25, 0.3) is 0 Å². The largest absolute Gasteiger partial charge is 0.398 e. The van der Waals surface area contributed by atoms with Gasteiger partial charge in [0.15, 0.2) is 0 Å². The van der Waals surface area contributed by atoms with Crippen LogP contribution in [0.3, 0.4) is 0 Å². The summed E-state index contributed by atoms with van der Waals surface area (Å²) in [5, 5.41) is 0. The highest BCUT2D eigenvalue weighted by Crippen LogP contribution is 2.46. The van der Waals surface area contributed by atoms with Crippen molar-refractivity contribution in [2.24, 2.45) is 5.41 Å². The molecule has 2 aliphatic carbocycles. The highest BCUT2D eigenvalue weighted by atomic mass is 16.5. The molecular weight excluding hydrogens is 320 g/mol. The van der Waals surface area contributed by atoms with E-state index in [1.807, 2.05) is 0 Å². The third kappa shape index (κ3) is 3.32. The third-order valence-electron chi connectivity index (χ3n) is 6.96. The fourth-order valence-electron chi connectivity index (χ4n) is 5.18. The number of hydrogen-bond donors (Lipinski definition) is 1. The summed E-state index contributed by atoms with van der Waals surface area (Å²) < 4.78 is 5.63. The molecule has 2 fully saturated rings. The zero-order valence-corrected chi connectivity index (χ0v) is 16.5. The standard InChI is InChI=1S/C23H34N2O/c1-22(2)11-7-18(8-12-22)20-17-19(5-6-21(20)24)23(9-3-4-10-23)25-13-15-26-16-14-25/h5-7,17H,3-4,8-16,24H2,1-2H3. The number of morpholine rings is 1. The number of anilines is 1. The van der Waals surface area contributed by atoms with Crippen molar-refractivity contribution >= 4 is 11.3 Å². The lowest BCUT2D eigenvalue weighted by Crippen LogP contribution is -2.50. The average Bonchev–Trinajstić information content (AvgIpc) is 3.14. The minimum atomic E-state index is 0.195. The molecule has 0 atom stereocenters. The Kier molecular flexibility index (Phi) is 4.87. The summed E-state index contributed by atoms with van der Waals surface area (Å²) in [5.41, 5.74) is 12.2. The maximum atomic E-state index is 6.43. The summed E-state index contributed by atoms with van der Waals surface area (Å²) in [7, 11) is 0. The molecule has 3 aliphatic rings. The Hall–Kier alpha value is -1.32. The molecule has 1 aromatic rings. The normalized spacial score (nSPS) is 25.8. The SMILES string of the molecule is CC1(C)CC=C(c2cc(C3(N4CCOCC4)CCCC3)ccc2N)CC1. The van der Waals surface area contributed by atoms with Crippen LogP contribution in [0.4, 0.5) is 5.69 Å². The van der Waals surface area contributed by atoms with Gasteiger partial charge in [-0.05, 0) is 60.8 Å². The predicted octanol–water partition coefficient (Wildman–Crippen LogP) is 4.96. The smallest absolute Gasteiger partial charge is 0.0594 e. The van der Waals surface area contributed by atoms with Crippen LogP contribution < -0.4 is 5.73 Å². The molecule has 2 N–H and O–H groups in total. The van der Waals surface area contributed by atoms with Crippen molar-refractivity contribution in [3.63, 3.8) is 0 Å². The minimum Gasteiger partial charge on any atom is -0.398 e. The lowest BCUT2D eigenvalue weighted by atomic mass is 9.76. The van der Waals surface area contributed by atoms with Crippen molar-refractivity contribution in [2.45, 2.75) is 64.3 Å². The second kappa shape index (κ2) is 7.01. The van der Waals surface area contributed by atoms with Gasteiger partial charge in [-0.15, -0.1) is 0 Å². The van der Waals surface area contributed by atoms with Crippen molar-refractivity contribution in [1.29, 1.82) is 0 Å². The molecule has 26 heavy (non-hydrogen) atoms. The first kappa shape index (κ1) is 18.1. The molecule has 0 bridgehead atoms. The van der Waals surface area contributed by atoms with Crippen LogP contribution in [0.5, 0.6) is 0 Å². The third-order valence-corrected chi connectivity index (χ3v) is 6.96. The molecule has 1 saturated heterocycles. The van der Waals surface area contributed by atoms with Gasteiger partial charge in [-0.25, -0.2) is 0 Å². The monoisotopic (exact) mass is 354 g/mol. The fourth-order valence-corrected chi connectivity index (χ4v) is 5.18. The Morgan fingerprint density at radius 1 is 1.04 bits per heavy atom. The maximum absolute atomic E-state index is 6.43. The fraction of sp³-hybridized carbons (Fsp3) is 0.652. The zero-order chi connectivity index (χ0) is 18.2. The van der Waals surface area contributed by atoms with Crippen LogP contribution in [0.2, 0.25) is 0 Å². The maximum Gasteiger partial charge on any atom is 0.0594 e. The molecule has 0 unspecified atom stereocenters. The van der Waals surface area contributed by atoms with Crippen LogP contribution in [-0.2, 0) is 10.3 Å². The number of ether oxygens (including phenoxy) is 1. The van der Waals surface area contributed by atoms with E-state index in [0.717, 1.165) is 44.8 Å². The molecule has 0 aromatic heterocycles. The summed E-state index contributed by atoms with van der Waals surface area (Å²) in [6.45, 7) is 8.57. The molecule has 0 spiro atoms. The number of nitrogen functional groups attached to an aromatic ring is 1. The van der Waals surface area contributed by atoms with Crippen molar-refractivity contribution in [2.75, 3.05) is 32.0 Å². The van der Waals surface area contributed by atoms with E-state index >= 15 is 0 Å². The van der Waals surface area contributed by atoms with Gasteiger partial charge in [0.2, 0.25) is 0 Å². The number of nitrogens with two attached hydrogens (primary N) is 1. The van der Waals surface area contributed by atoms with Crippen LogP contribution >= 0.6 is 0 Å². The van der Waals surface area contributed by atoms with Crippen molar-refractivity contribution < 1.29 is 4.74 Å². The molecular formula is C23H34N2O. The van der Waals surface area contributed by atoms with E-state index in [9.17, 15) is 0 Å². The van der Waals surface area contributed by atoms with Crippen LogP contribution in [-0.4, -0.2) is 31.2 Å². The van der Waals surface area contributed by atoms with E-state index in [0.29, 0.717) is 5.41 Å². The lowest BCUT2D eigenvalue weighted by Gasteiger charge is -2.44. The number of rotatable bonds is 3. The molecule has 3 heteroatoms. The topological polar surface area (TPSA) is 38.5 Å². The zero-order valence-electron chi connectivity index (χ0n) is 16.5. The summed E-state index contributed by atoms with van der Waals surface area (Å²) >= 11 is 0. The molecule has 1 aliphatic heterocycles. The van der Waals surface area contributed by atoms with E-state index in [1.54, 1.807) is 0 Å². The van der Waals surface area contributed by atoms with E-state index in [1.165, 1.54) is 48.8 Å². The molecule has 0 amide bonds. The average molecular weight is 355 g/mol. The first-order chi connectivity index (χ1) is 12.5. The number of benzene rings is 1. The van der Waals surface area contributed by atoms with E-state index in [2.05, 4.69) is 43.0 Å². The van der Waals surface area contributed by atoms with Gasteiger partial charge in [0.1, 0.15) is 0 Å². The number of nitrogens with zero attached hydrogens (tertiary/aromatic N) is 1. The van der Waals surface area contributed by atoms with Gasteiger partial charge in [-0.3, -0.25) is 4.90 Å². The van der Waals surface area contributed by atoms with E-state index < -0.39 is 0 Å². The highest BCUT2D eigenvalue weighted by molar-refractivity contribution is 5.76. The van der Waals surface area contributed by atoms with E-state index in [4.69, 9.17) is 10.5 Å². The van der Waals surface area contributed by atoms with Crippen LogP contribution in [0.15, 0.2) is 24.3 Å². The van der Waals surface area contributed by atoms with Gasteiger partial charge >= 0.3 is 0 Å². The second-order valence-corrected chi connectivity index (χ2v) is 9.24. The van der Waals surface area contributed by atoms with Crippen molar-refractivity contribution in [1.82, 2.24) is 4.90 Å². The van der Waals surface area contributed by atoms with Crippen molar-refractivity contribution in [3.8, 4) is 0 Å². The first-order valence-electron chi connectivity index (χ1n) is 10.4. The van der Waals surface area contributed by atoms with Crippen LogP contribution in [0, 0.1) is 5.41 Å². The Bertz CT molecular complexity index is 679. The quantitative estimate of drug-likeness (QED) is 0.779. The van der Waals surface area contributed by atoms with Gasteiger partial charge in [0.05, 0.1) is 13.2 Å². The van der Waals surface area contributed by atoms with Crippen molar-refractivity contribution in [3.05, 3.63) is 35.4 Å². The molecule has 0 radical (unpaired) electrons. The van der Waals surface area contributed by atoms with Gasteiger partial charge in [-0.1, -0.05) is 38.8 Å². The summed E-state index contributed by atoms with van der Waals surface area (Å²) in [4.78, 5) is 2.69. The second-order valence-electron chi connectivity index (χ2n) is 9.24. The van der Waals surface area contributed by atoms with Crippen LogP contribution in [0.25, 0.3) is 5.57 Å². The minimum absolute atomic E-state index is 0.195. The number of allylic oxidation sites excluding steroid dienone is 2. The van der Waals surface area contributed by atoms with Gasteiger partial charge in [-0.2, -0.15) is 0 Å². The molecule has 1 heterocycles. The molecule has 1 aromatic carbocycles. The lowest BCUT2D eigenvalue weighted by molar-refractivity contribution is -0.0231. The summed E-state index contributed by atoms with van der Waals surface area (Å²) in [6, 6.07) is 6.89. The first-order valence-corrected chi connectivity index (χ1v) is 10.4. The molecule has 3 nitrogen and oxygen atoms in total. The molecule has 4 rings (SSSR count). The predicted molar refractivity (Wildman–Crippen MR) is 109 cm³/mol. The molecule has 142 valence electrons. The van der Waals surface area contributed by atoms with Gasteiger partial charge < -0.3 is 10.5 Å². The van der Waals surface area contributed by atoms with Crippen LogP contribution in [0.1, 0.15) is 69.9 Å². The Labute approximate surface area is 158 Å². The number of hydrogen-bond acceptors (Lipinski definition) is 3. The Morgan fingerprint density at radius 3 is 2.42 bits per heavy atom. The summed E-state index contributed by atoms with van der Waals surface area (Å²) in [5.74, 6) is 0. The summed E-state index contributed by atoms with van der Waals surface area (Å²) in [6.07, 6.45) is 11.2. The Morgan fingerprint density at radius 2 is 1.77 bits per heavy atom. The van der Waals surface area contributed by atoms with E-state index in [-0.39, 0.29) is 5.54 Å². The molecule has 1 saturated carbocycles.